The minimum absolute atomic E-state index is 0.556. The maximum absolute atomic E-state index is 4.71. The van der Waals surface area contributed by atoms with Crippen molar-refractivity contribution in [1.82, 2.24) is 29.8 Å². The monoisotopic (exact) mass is 456 g/mol. The van der Waals surface area contributed by atoms with Crippen LogP contribution in [0.5, 0.6) is 0 Å². The molecule has 4 aromatic heterocycles. The summed E-state index contributed by atoms with van der Waals surface area (Å²) < 4.78 is 1.19. The van der Waals surface area contributed by atoms with Crippen LogP contribution in [0.25, 0.3) is 32.4 Å². The van der Waals surface area contributed by atoms with Crippen molar-refractivity contribution in [3.05, 3.63) is 53.9 Å². The fraction of sp³-hybridized carbons (Fsp3) is 0.250. The number of aromatic nitrogens is 5. The first-order valence-electron chi connectivity index (χ1n) is 11.0. The highest BCUT2D eigenvalue weighted by molar-refractivity contribution is 7.18. The molecule has 0 bridgehead atoms. The van der Waals surface area contributed by atoms with Crippen molar-refractivity contribution >= 4 is 50.0 Å². The highest BCUT2D eigenvalue weighted by atomic mass is 32.1. The fourth-order valence-electron chi connectivity index (χ4n) is 4.25. The molecule has 1 aliphatic rings. The number of pyridine rings is 1. The maximum atomic E-state index is 4.71. The Kier molecular flexibility index (Phi) is 4.92. The molecule has 0 aliphatic carbocycles. The second-order valence-electron chi connectivity index (χ2n) is 8.39. The molecule has 8 nitrogen and oxygen atoms in total. The molecule has 1 fully saturated rings. The molecule has 5 aromatic rings. The number of benzene rings is 1. The van der Waals surface area contributed by atoms with Gasteiger partial charge in [-0.2, -0.15) is 4.98 Å². The van der Waals surface area contributed by atoms with Crippen molar-refractivity contribution in [3.63, 3.8) is 0 Å². The lowest BCUT2D eigenvalue weighted by atomic mass is 10.1. The van der Waals surface area contributed by atoms with Gasteiger partial charge in [-0.1, -0.05) is 6.07 Å². The number of rotatable bonds is 4. The summed E-state index contributed by atoms with van der Waals surface area (Å²) in [7, 11) is 2.15. The molecule has 6 rings (SSSR count). The van der Waals surface area contributed by atoms with Gasteiger partial charge in [-0.15, -0.1) is 11.3 Å². The second-order valence-corrected chi connectivity index (χ2v) is 9.63. The molecular weight excluding hydrogens is 432 g/mol. The minimum Gasteiger partial charge on any atom is -0.354 e. The quantitative estimate of drug-likeness (QED) is 0.414. The first-order valence-corrected chi connectivity index (χ1v) is 11.8. The van der Waals surface area contributed by atoms with Gasteiger partial charge >= 0.3 is 0 Å². The molecule has 1 aliphatic heterocycles. The summed E-state index contributed by atoms with van der Waals surface area (Å²) in [4.78, 5) is 26.4. The van der Waals surface area contributed by atoms with Crippen LogP contribution in [-0.2, 0) is 0 Å². The van der Waals surface area contributed by atoms with E-state index in [9.17, 15) is 0 Å². The van der Waals surface area contributed by atoms with E-state index in [0.29, 0.717) is 5.95 Å². The van der Waals surface area contributed by atoms with Crippen molar-refractivity contribution in [2.45, 2.75) is 6.92 Å². The summed E-state index contributed by atoms with van der Waals surface area (Å²) in [5.41, 5.74) is 4.99. The van der Waals surface area contributed by atoms with E-state index in [-0.39, 0.29) is 0 Å². The van der Waals surface area contributed by atoms with Gasteiger partial charge in [0.05, 0.1) is 15.2 Å². The molecule has 0 unspecified atom stereocenters. The van der Waals surface area contributed by atoms with E-state index in [1.807, 2.05) is 31.6 Å². The smallest absolute Gasteiger partial charge is 0.229 e. The average Bonchev–Trinajstić information content (AvgIpc) is 3.41. The van der Waals surface area contributed by atoms with Crippen molar-refractivity contribution in [2.75, 3.05) is 43.4 Å². The van der Waals surface area contributed by atoms with Crippen LogP contribution in [0.3, 0.4) is 0 Å². The molecule has 0 spiro atoms. The number of nitrogens with one attached hydrogen (secondary N) is 2. The van der Waals surface area contributed by atoms with Gasteiger partial charge in [0, 0.05) is 67.5 Å². The average molecular weight is 457 g/mol. The van der Waals surface area contributed by atoms with Crippen molar-refractivity contribution in [3.8, 4) is 11.1 Å². The van der Waals surface area contributed by atoms with Gasteiger partial charge in [-0.25, -0.2) is 15.0 Å². The Bertz CT molecular complexity index is 1450. The predicted octanol–water partition coefficient (Wildman–Crippen LogP) is 4.43. The van der Waals surface area contributed by atoms with Crippen molar-refractivity contribution in [1.29, 1.82) is 0 Å². The number of H-pyrrole nitrogens is 1. The Morgan fingerprint density at radius 3 is 2.79 bits per heavy atom. The zero-order chi connectivity index (χ0) is 22.4. The zero-order valence-corrected chi connectivity index (χ0v) is 19.4. The summed E-state index contributed by atoms with van der Waals surface area (Å²) >= 11 is 1.71. The van der Waals surface area contributed by atoms with E-state index in [1.165, 1.54) is 4.70 Å². The standard InChI is InChI=1S/C24H24N8S/c1-15-28-20-4-3-16(11-21(20)33-15)18-13-26-23-19(18)14-27-24(30-23)29-17-5-6-25-22(12-17)32-9-7-31(2)8-10-32/h3-6,11-14H,7-10H2,1-2H3,(H2,25,26,27,29,30). The Morgan fingerprint density at radius 1 is 1.03 bits per heavy atom. The number of hydrogen-bond donors (Lipinski definition) is 2. The molecule has 166 valence electrons. The topological polar surface area (TPSA) is 85.9 Å². The van der Waals surface area contributed by atoms with Crippen molar-refractivity contribution in [2.24, 2.45) is 0 Å². The predicted molar refractivity (Wildman–Crippen MR) is 134 cm³/mol. The highest BCUT2D eigenvalue weighted by Crippen LogP contribution is 2.32. The van der Waals surface area contributed by atoms with E-state index in [2.05, 4.69) is 66.4 Å². The van der Waals surface area contributed by atoms with Crippen LogP contribution in [0.4, 0.5) is 17.5 Å². The molecule has 0 saturated carbocycles. The van der Waals surface area contributed by atoms with Gasteiger partial charge in [0.1, 0.15) is 11.5 Å². The van der Waals surface area contributed by atoms with Crippen LogP contribution in [0.1, 0.15) is 5.01 Å². The van der Waals surface area contributed by atoms with Gasteiger partial charge in [0.25, 0.3) is 0 Å². The lowest BCUT2D eigenvalue weighted by molar-refractivity contribution is 0.312. The first-order chi connectivity index (χ1) is 16.1. The summed E-state index contributed by atoms with van der Waals surface area (Å²) in [6, 6.07) is 10.4. The molecular formula is C24H24N8S. The Hall–Kier alpha value is -3.56. The third-order valence-electron chi connectivity index (χ3n) is 6.07. The highest BCUT2D eigenvalue weighted by Gasteiger charge is 2.16. The molecule has 0 radical (unpaired) electrons. The molecule has 33 heavy (non-hydrogen) atoms. The second kappa shape index (κ2) is 8.09. The molecule has 0 atom stereocenters. The molecule has 1 saturated heterocycles. The molecule has 5 heterocycles. The van der Waals surface area contributed by atoms with Gasteiger partial charge in [-0.05, 0) is 37.7 Å². The van der Waals surface area contributed by atoms with Crippen LogP contribution in [0, 0.1) is 6.92 Å². The molecule has 0 amide bonds. The summed E-state index contributed by atoms with van der Waals surface area (Å²) in [5, 5.41) is 5.40. The Balaban J connectivity index is 1.26. The molecule has 2 N–H and O–H groups in total. The molecule has 9 heteroatoms. The van der Waals surface area contributed by atoms with Gasteiger partial charge in [0.15, 0.2) is 0 Å². The SMILES string of the molecule is Cc1nc2ccc(-c3c[nH]c4nc(Nc5ccnc(N6CCN(C)CC6)c5)ncc34)cc2s1. The van der Waals surface area contributed by atoms with E-state index in [4.69, 9.17) is 4.98 Å². The number of fused-ring (bicyclic) bond motifs is 2. The number of likely N-dealkylation sites (N-methyl/N-ethyl adjacent to an activating group) is 1. The largest absolute Gasteiger partial charge is 0.354 e. The minimum atomic E-state index is 0.556. The van der Waals surface area contributed by atoms with E-state index >= 15 is 0 Å². The van der Waals surface area contributed by atoms with E-state index in [1.54, 1.807) is 11.3 Å². The van der Waals surface area contributed by atoms with E-state index in [0.717, 1.165) is 70.4 Å². The van der Waals surface area contributed by atoms with Gasteiger partial charge in [-0.3, -0.25) is 0 Å². The number of nitrogens with zero attached hydrogens (tertiary/aromatic N) is 6. The summed E-state index contributed by atoms with van der Waals surface area (Å²) in [6.45, 7) is 6.09. The zero-order valence-electron chi connectivity index (χ0n) is 18.5. The maximum Gasteiger partial charge on any atom is 0.229 e. The fourth-order valence-corrected chi connectivity index (χ4v) is 5.11. The normalized spacial score (nSPS) is 14.9. The summed E-state index contributed by atoms with van der Waals surface area (Å²) in [6.07, 6.45) is 5.70. The van der Waals surface area contributed by atoms with Crippen LogP contribution >= 0.6 is 11.3 Å². The van der Waals surface area contributed by atoms with Gasteiger partial charge in [0.2, 0.25) is 5.95 Å². The lowest BCUT2D eigenvalue weighted by Crippen LogP contribution is -2.44. The third-order valence-corrected chi connectivity index (χ3v) is 7.00. The van der Waals surface area contributed by atoms with Crippen LogP contribution in [0.15, 0.2) is 48.9 Å². The first kappa shape index (κ1) is 20.1. The van der Waals surface area contributed by atoms with Crippen LogP contribution in [0.2, 0.25) is 0 Å². The Morgan fingerprint density at radius 2 is 1.91 bits per heavy atom. The number of thiazole rings is 1. The number of piperazine rings is 1. The number of aromatic amines is 1. The lowest BCUT2D eigenvalue weighted by Gasteiger charge is -2.33. The third kappa shape index (κ3) is 3.90. The number of aryl methyl sites for hydroxylation is 1. The van der Waals surface area contributed by atoms with Crippen molar-refractivity contribution < 1.29 is 0 Å². The number of anilines is 3. The number of hydrogen-bond acceptors (Lipinski definition) is 8. The Labute approximate surface area is 195 Å². The summed E-state index contributed by atoms with van der Waals surface area (Å²) in [5.74, 6) is 1.53. The van der Waals surface area contributed by atoms with E-state index < -0.39 is 0 Å². The van der Waals surface area contributed by atoms with Crippen LogP contribution < -0.4 is 10.2 Å². The molecule has 1 aromatic carbocycles. The van der Waals surface area contributed by atoms with Gasteiger partial charge < -0.3 is 20.1 Å². The van der Waals surface area contributed by atoms with Crippen LogP contribution in [-0.4, -0.2) is 63.0 Å².